The molecule has 0 aliphatic rings. The van der Waals surface area contributed by atoms with Crippen LogP contribution in [0.5, 0.6) is 11.5 Å². The first-order valence-electron chi connectivity index (χ1n) is 4.98. The van der Waals surface area contributed by atoms with Gasteiger partial charge < -0.3 is 9.05 Å². The maximum Gasteiger partial charge on any atom is 1.00 e. The fourth-order valence-corrected chi connectivity index (χ4v) is 2.06. The Bertz CT molecular complexity index is 476. The topological polar surface area (TPSA) is 55.8 Å². The van der Waals surface area contributed by atoms with Crippen molar-refractivity contribution in [3.63, 3.8) is 0 Å². The minimum absolute atomic E-state index is 0. The van der Waals surface area contributed by atoms with Crippen molar-refractivity contribution in [1.82, 2.24) is 0 Å². The molecule has 0 unspecified atom stereocenters. The van der Waals surface area contributed by atoms with Gasteiger partial charge in [-0.3, -0.25) is 4.89 Å². The number of rotatable bonds is 4. The zero-order chi connectivity index (χ0) is 12.1. The van der Waals surface area contributed by atoms with Gasteiger partial charge in [-0.15, -0.1) is 0 Å². The van der Waals surface area contributed by atoms with Gasteiger partial charge in [0.1, 0.15) is 11.5 Å². The first-order valence-corrected chi connectivity index (χ1v) is 6.47. The summed E-state index contributed by atoms with van der Waals surface area (Å²) >= 11 is 0. The van der Waals surface area contributed by atoms with Gasteiger partial charge in [-0.1, -0.05) is 36.4 Å². The maximum absolute atomic E-state index is 11.7. The fourth-order valence-electron chi connectivity index (χ4n) is 1.25. The summed E-state index contributed by atoms with van der Waals surface area (Å²) < 4.78 is 21.5. The molecule has 0 aromatic heterocycles. The van der Waals surface area contributed by atoms with Crippen molar-refractivity contribution in [2.45, 2.75) is 0 Å². The molecule has 0 heterocycles. The fraction of sp³-hybridized carbons (Fsp3) is 0. The van der Waals surface area contributed by atoms with Crippen LogP contribution in [0.15, 0.2) is 60.7 Å². The molecule has 2 rings (SSSR count). The van der Waals surface area contributed by atoms with E-state index < -0.39 is 7.82 Å². The molecule has 0 radical (unpaired) electrons. The molecule has 0 saturated carbocycles. The third-order valence-corrected chi connectivity index (χ3v) is 2.81. The monoisotopic (exact) mass is 296 g/mol. The number of para-hydroxylation sites is 2. The van der Waals surface area contributed by atoms with E-state index in [0.29, 0.717) is 0 Å². The van der Waals surface area contributed by atoms with Crippen LogP contribution in [0.4, 0.5) is 0 Å². The van der Waals surface area contributed by atoms with Crippen molar-refractivity contribution < 1.29 is 77.6 Å². The van der Waals surface area contributed by atoms with Crippen molar-refractivity contribution in [2.75, 3.05) is 0 Å². The summed E-state index contributed by atoms with van der Waals surface area (Å²) in [6.07, 6.45) is 0. The predicted molar refractivity (Wildman–Crippen MR) is 64.0 cm³/mol. The Hall–Kier alpha value is 0.230. The number of hydrogen-bond acceptors (Lipinski definition) is 3. The van der Waals surface area contributed by atoms with E-state index in [9.17, 15) is 9.46 Å². The number of phosphoric acid groups is 1. The van der Waals surface area contributed by atoms with Gasteiger partial charge in [-0.2, -0.15) is 0 Å². The molecule has 0 aliphatic carbocycles. The van der Waals surface area contributed by atoms with Gasteiger partial charge in [-0.25, -0.2) is 4.57 Å². The molecule has 0 aliphatic heterocycles. The molecule has 7 heteroatoms. The summed E-state index contributed by atoms with van der Waals surface area (Å²) in [5.74, 6) is 0.573. The first-order chi connectivity index (χ1) is 8.16. The second-order valence-corrected chi connectivity index (χ2v) is 4.58. The Morgan fingerprint density at radius 3 is 1.37 bits per heavy atom. The molecule has 4 nitrogen and oxygen atoms in total. The zero-order valence-electron chi connectivity index (χ0n) is 10.9. The van der Waals surface area contributed by atoms with E-state index in [1.54, 1.807) is 60.7 Å². The molecule has 88 valence electrons. The van der Waals surface area contributed by atoms with Crippen LogP contribution < -0.4 is 68.2 Å². The number of hydrogen-bond donors (Lipinski definition) is 1. The van der Waals surface area contributed by atoms with E-state index in [-0.39, 0.29) is 70.6 Å². The Morgan fingerprint density at radius 2 is 1.05 bits per heavy atom. The van der Waals surface area contributed by atoms with Gasteiger partial charge in [-0.05, 0) is 24.3 Å². The average molecular weight is 296 g/mol. The molecule has 0 spiro atoms. The van der Waals surface area contributed by atoms with Gasteiger partial charge in [0.15, 0.2) is 0 Å². The molecule has 2 aromatic rings. The van der Waals surface area contributed by atoms with Crippen LogP contribution in [0.1, 0.15) is 0 Å². The van der Waals surface area contributed by atoms with Crippen LogP contribution >= 0.6 is 7.82 Å². The van der Waals surface area contributed by atoms with Crippen molar-refractivity contribution in [3.05, 3.63) is 60.7 Å². The summed E-state index contributed by atoms with van der Waals surface area (Å²) in [5, 5.41) is 0. The van der Waals surface area contributed by atoms with Crippen LogP contribution in [0.2, 0.25) is 0 Å². The van der Waals surface area contributed by atoms with Gasteiger partial charge in [0.25, 0.3) is 0 Å². The van der Waals surface area contributed by atoms with Crippen LogP contribution in [0.3, 0.4) is 0 Å². The van der Waals surface area contributed by atoms with E-state index in [1.165, 1.54) is 0 Å². The van der Waals surface area contributed by atoms with Crippen molar-refractivity contribution in [1.29, 1.82) is 0 Å². The Labute approximate surface area is 156 Å². The second-order valence-electron chi connectivity index (χ2n) is 3.28. The van der Waals surface area contributed by atoms with E-state index >= 15 is 0 Å². The molecule has 0 atom stereocenters. The SMILES string of the molecule is O=P(O)(Oc1ccccc1)Oc1ccccc1.[Na+].[Na+]. The Kier molecular flexibility index (Phi) is 9.33. The van der Waals surface area contributed by atoms with Gasteiger partial charge in [0, 0.05) is 0 Å². The smallest absolute Gasteiger partial charge is 0.395 e. The molecule has 2 aromatic carbocycles. The summed E-state index contributed by atoms with van der Waals surface area (Å²) in [5.41, 5.74) is 0. The van der Waals surface area contributed by atoms with Crippen molar-refractivity contribution in [3.8, 4) is 11.5 Å². The summed E-state index contributed by atoms with van der Waals surface area (Å²) in [4.78, 5) is 9.53. The van der Waals surface area contributed by atoms with Gasteiger partial charge in [0.2, 0.25) is 0 Å². The number of phosphoric ester groups is 1. The quantitative estimate of drug-likeness (QED) is 0.491. The predicted octanol–water partition coefficient (Wildman–Crippen LogP) is -2.75. The standard InChI is InChI=1S/C12H11O4P.2Na/c13-17(14,15-11-7-3-1-4-8-11)16-12-9-5-2-6-10-12;;/h1-10H,(H,13,14);;/q;2*+1. The molecular weight excluding hydrogens is 285 g/mol. The van der Waals surface area contributed by atoms with Crippen LogP contribution in [-0.2, 0) is 4.57 Å². The van der Waals surface area contributed by atoms with Crippen LogP contribution in [0, 0.1) is 0 Å². The maximum atomic E-state index is 11.7. The average Bonchev–Trinajstić information content (AvgIpc) is 2.30. The molecule has 0 bridgehead atoms. The summed E-state index contributed by atoms with van der Waals surface area (Å²) in [7, 11) is -4.14. The Balaban J connectivity index is 0.00000162. The first kappa shape index (κ1) is 19.2. The molecular formula is C12H11Na2O4P+2. The third-order valence-electron chi connectivity index (χ3n) is 1.93. The minimum Gasteiger partial charge on any atom is -0.395 e. The minimum atomic E-state index is -4.14. The van der Waals surface area contributed by atoms with E-state index in [1.807, 2.05) is 0 Å². The van der Waals surface area contributed by atoms with Crippen molar-refractivity contribution >= 4 is 7.82 Å². The molecule has 0 saturated heterocycles. The molecule has 0 fully saturated rings. The molecule has 0 amide bonds. The normalized spacial score (nSPS) is 9.74. The zero-order valence-corrected chi connectivity index (χ0v) is 15.8. The molecule has 1 N–H and O–H groups in total. The second kappa shape index (κ2) is 9.22. The van der Waals surface area contributed by atoms with E-state index in [0.717, 1.165) is 0 Å². The van der Waals surface area contributed by atoms with Crippen LogP contribution in [0.25, 0.3) is 0 Å². The van der Waals surface area contributed by atoms with Crippen molar-refractivity contribution in [2.24, 2.45) is 0 Å². The summed E-state index contributed by atoms with van der Waals surface area (Å²) in [6.45, 7) is 0. The van der Waals surface area contributed by atoms with Gasteiger partial charge >= 0.3 is 66.9 Å². The van der Waals surface area contributed by atoms with E-state index in [2.05, 4.69) is 0 Å². The van der Waals surface area contributed by atoms with Gasteiger partial charge in [0.05, 0.1) is 0 Å². The van der Waals surface area contributed by atoms with Crippen LogP contribution in [-0.4, -0.2) is 4.89 Å². The Morgan fingerprint density at radius 1 is 0.737 bits per heavy atom. The third kappa shape index (κ3) is 6.98. The van der Waals surface area contributed by atoms with E-state index in [4.69, 9.17) is 9.05 Å². The molecule has 19 heavy (non-hydrogen) atoms. The largest absolute Gasteiger partial charge is 1.00 e. The summed E-state index contributed by atoms with van der Waals surface area (Å²) in [6, 6.07) is 16.7. The number of benzene rings is 2.